The van der Waals surface area contributed by atoms with Gasteiger partial charge in [0.2, 0.25) is 5.82 Å². The largest absolute Gasteiger partial charge is 0.510 e. The van der Waals surface area contributed by atoms with E-state index in [1.165, 1.54) is 10.9 Å². The first-order valence-electron chi connectivity index (χ1n) is 9.05. The Balaban J connectivity index is 1.99. The summed E-state index contributed by atoms with van der Waals surface area (Å²) in [6.45, 7) is 0.650. The molecule has 3 aromatic rings. The molecule has 1 aromatic heterocycles. The summed E-state index contributed by atoms with van der Waals surface area (Å²) in [6, 6.07) is 27.4. The van der Waals surface area contributed by atoms with Crippen LogP contribution in [0.1, 0.15) is 19.8 Å². The fourth-order valence-electron chi connectivity index (χ4n) is 3.90. The normalized spacial score (nSPS) is 18.2. The molecule has 0 saturated heterocycles. The third kappa shape index (κ3) is 2.73. The highest BCUT2D eigenvalue weighted by Crippen LogP contribution is 2.20. The second-order valence-corrected chi connectivity index (χ2v) is 6.62. The lowest BCUT2D eigenvalue weighted by Gasteiger charge is -2.46. The number of fused-ring (bicyclic) bond motifs is 1. The van der Waals surface area contributed by atoms with E-state index in [0.717, 1.165) is 18.7 Å². The van der Waals surface area contributed by atoms with E-state index in [0.29, 0.717) is 0 Å². The van der Waals surface area contributed by atoms with Crippen LogP contribution in [0.3, 0.4) is 0 Å². The van der Waals surface area contributed by atoms with Crippen molar-refractivity contribution in [1.29, 1.82) is 0 Å². The molecule has 0 bridgehead atoms. The molecular formula is C21H23BN2O. The third-order valence-electron chi connectivity index (χ3n) is 5.01. The number of hydrogen-bond donors (Lipinski definition) is 1. The molecule has 1 N–H and O–H groups in total. The van der Waals surface area contributed by atoms with E-state index >= 15 is 0 Å². The van der Waals surface area contributed by atoms with Crippen LogP contribution in [0.4, 0.5) is 5.82 Å². The number of benzene rings is 2. The van der Waals surface area contributed by atoms with E-state index in [-0.39, 0.29) is 6.23 Å². The van der Waals surface area contributed by atoms with Crippen LogP contribution in [0, 0.1) is 0 Å². The van der Waals surface area contributed by atoms with Gasteiger partial charge in [-0.3, -0.25) is 5.32 Å². The van der Waals surface area contributed by atoms with Crippen LogP contribution in [0.15, 0.2) is 85.1 Å². The molecule has 2 aromatic carbocycles. The van der Waals surface area contributed by atoms with Crippen molar-refractivity contribution < 1.29 is 9.13 Å². The van der Waals surface area contributed by atoms with Gasteiger partial charge >= 0.3 is 6.48 Å². The van der Waals surface area contributed by atoms with Crippen LogP contribution in [-0.2, 0) is 4.65 Å². The fourth-order valence-corrected chi connectivity index (χ4v) is 3.90. The summed E-state index contributed by atoms with van der Waals surface area (Å²) in [5, 5.41) is 3.55. The van der Waals surface area contributed by atoms with Gasteiger partial charge in [-0.1, -0.05) is 73.7 Å². The van der Waals surface area contributed by atoms with Gasteiger partial charge in [0.1, 0.15) is 0 Å². The zero-order valence-corrected chi connectivity index (χ0v) is 14.5. The summed E-state index contributed by atoms with van der Waals surface area (Å²) in [6.07, 6.45) is 4.15. The molecule has 0 fully saturated rings. The zero-order valence-electron chi connectivity index (χ0n) is 14.5. The Labute approximate surface area is 149 Å². The lowest BCUT2D eigenvalue weighted by molar-refractivity contribution is -0.547. The average molecular weight is 330 g/mol. The molecule has 1 atom stereocenters. The minimum Gasteiger partial charge on any atom is -0.510 e. The van der Waals surface area contributed by atoms with Gasteiger partial charge in [0.25, 0.3) is 0 Å². The predicted octanol–water partition coefficient (Wildman–Crippen LogP) is 2.65. The van der Waals surface area contributed by atoms with Crippen LogP contribution < -0.4 is 20.7 Å². The lowest BCUT2D eigenvalue weighted by atomic mass is 9.41. The smallest absolute Gasteiger partial charge is 0.374 e. The molecule has 1 aliphatic heterocycles. The molecule has 1 aliphatic rings. The van der Waals surface area contributed by atoms with Gasteiger partial charge in [-0.2, -0.15) is 0 Å². The van der Waals surface area contributed by atoms with Gasteiger partial charge in [0, 0.05) is 18.7 Å². The first kappa shape index (κ1) is 15.9. The maximum Gasteiger partial charge on any atom is 0.374 e. The van der Waals surface area contributed by atoms with Crippen molar-refractivity contribution in [2.75, 3.05) is 5.32 Å². The summed E-state index contributed by atoms with van der Waals surface area (Å²) >= 11 is 0. The van der Waals surface area contributed by atoms with Crippen molar-refractivity contribution in [3.63, 3.8) is 0 Å². The maximum atomic E-state index is 6.83. The molecular weight excluding hydrogens is 307 g/mol. The Bertz CT molecular complexity index is 799. The van der Waals surface area contributed by atoms with E-state index in [2.05, 4.69) is 102 Å². The monoisotopic (exact) mass is 330 g/mol. The van der Waals surface area contributed by atoms with Crippen LogP contribution >= 0.6 is 0 Å². The highest BCUT2D eigenvalue weighted by atomic mass is 16.5. The topological polar surface area (TPSA) is 25.1 Å². The van der Waals surface area contributed by atoms with Crippen LogP contribution in [0.25, 0.3) is 0 Å². The number of hydrogen-bond acceptors (Lipinski definition) is 2. The Morgan fingerprint density at radius 2 is 1.48 bits per heavy atom. The van der Waals surface area contributed by atoms with E-state index in [9.17, 15) is 0 Å². The van der Waals surface area contributed by atoms with Gasteiger partial charge in [0.15, 0.2) is 6.23 Å². The summed E-state index contributed by atoms with van der Waals surface area (Å²) in [5.74, 6) is 1.10. The average Bonchev–Trinajstić information content (AvgIpc) is 2.69. The Kier molecular flexibility index (Phi) is 4.28. The number of rotatable bonds is 4. The van der Waals surface area contributed by atoms with E-state index in [1.807, 2.05) is 0 Å². The molecule has 4 heteroatoms. The van der Waals surface area contributed by atoms with Crippen molar-refractivity contribution >= 4 is 23.2 Å². The van der Waals surface area contributed by atoms with Crippen LogP contribution in [0.2, 0.25) is 0 Å². The second-order valence-electron chi connectivity index (χ2n) is 6.62. The molecule has 0 spiro atoms. The van der Waals surface area contributed by atoms with E-state index in [1.54, 1.807) is 0 Å². The fraction of sp³-hybridized carbons (Fsp3) is 0.190. The molecule has 4 rings (SSSR count). The van der Waals surface area contributed by atoms with Gasteiger partial charge in [-0.15, -0.1) is 10.9 Å². The molecule has 0 saturated carbocycles. The van der Waals surface area contributed by atoms with Gasteiger partial charge in [-0.05, 0) is 12.5 Å². The van der Waals surface area contributed by atoms with E-state index in [4.69, 9.17) is 4.65 Å². The number of pyridine rings is 1. The number of nitrogens with zero attached hydrogens (tertiary/aromatic N) is 1. The SMILES string of the molecule is CCCC1Nc2cccc[n+]2[B-](c2ccccc2)(c2ccccc2)O1. The lowest BCUT2D eigenvalue weighted by Crippen LogP contribution is -2.83. The minimum absolute atomic E-state index is 0.00666. The predicted molar refractivity (Wildman–Crippen MR) is 103 cm³/mol. The third-order valence-corrected chi connectivity index (χ3v) is 5.01. The number of aromatic nitrogens is 1. The van der Waals surface area contributed by atoms with Gasteiger partial charge in [0.05, 0.1) is 0 Å². The second kappa shape index (κ2) is 6.73. The van der Waals surface area contributed by atoms with Crippen LogP contribution in [0.5, 0.6) is 0 Å². The highest BCUT2D eigenvalue weighted by Gasteiger charge is 2.44. The van der Waals surface area contributed by atoms with Gasteiger partial charge in [-0.25, -0.2) is 0 Å². The minimum atomic E-state index is -1.54. The molecule has 2 heterocycles. The Morgan fingerprint density at radius 3 is 2.08 bits per heavy atom. The highest BCUT2D eigenvalue weighted by molar-refractivity contribution is 6.91. The first-order valence-corrected chi connectivity index (χ1v) is 9.05. The first-order chi connectivity index (χ1) is 12.3. The standard InChI is InChI=1S/C21H23BN2O/c1-2-11-21-23-20-16-9-10-17-24(20)22(25-21,18-12-5-3-6-13-18)19-14-7-4-8-15-19/h3-10,12-17,21,23H,2,11H2,1H3. The quantitative estimate of drug-likeness (QED) is 0.744. The van der Waals surface area contributed by atoms with Crippen molar-refractivity contribution in [2.24, 2.45) is 0 Å². The van der Waals surface area contributed by atoms with Crippen molar-refractivity contribution in [1.82, 2.24) is 0 Å². The molecule has 126 valence electrons. The number of anilines is 1. The molecule has 25 heavy (non-hydrogen) atoms. The molecule has 0 radical (unpaired) electrons. The molecule has 3 nitrogen and oxygen atoms in total. The van der Waals surface area contributed by atoms with Crippen molar-refractivity contribution in [3.05, 3.63) is 85.1 Å². The van der Waals surface area contributed by atoms with Crippen molar-refractivity contribution in [3.8, 4) is 0 Å². The van der Waals surface area contributed by atoms with E-state index < -0.39 is 6.48 Å². The maximum absolute atomic E-state index is 6.83. The van der Waals surface area contributed by atoms with Gasteiger partial charge < -0.3 is 9.13 Å². The summed E-state index contributed by atoms with van der Waals surface area (Å²) in [7, 11) is 0. The van der Waals surface area contributed by atoms with Crippen molar-refractivity contribution in [2.45, 2.75) is 26.0 Å². The number of nitrogens with one attached hydrogen (secondary N) is 1. The summed E-state index contributed by atoms with van der Waals surface area (Å²) in [5.41, 5.74) is 2.38. The molecule has 0 amide bonds. The zero-order chi connectivity index (χ0) is 17.1. The Morgan fingerprint density at radius 1 is 0.880 bits per heavy atom. The molecule has 0 aliphatic carbocycles. The molecule has 1 unspecified atom stereocenters. The van der Waals surface area contributed by atoms with Crippen LogP contribution in [-0.4, -0.2) is 12.7 Å². The Hall–Kier alpha value is -2.59. The summed E-state index contributed by atoms with van der Waals surface area (Å²) in [4.78, 5) is 0. The summed E-state index contributed by atoms with van der Waals surface area (Å²) < 4.78 is 9.09.